The number of ether oxygens (including phenoxy) is 4. The molecule has 8 aromatic heterocycles. The number of aliphatic hydroxyl groups is 2. The van der Waals surface area contributed by atoms with Crippen molar-refractivity contribution >= 4 is 56.8 Å². The number of aromatic nitrogens is 10. The SMILES string of the molecule is CNc1cc(-c2cn([C@H]3CCCOC3)c3ncccc23)nc2c(C(=O)N[C@@H]3COC[C@@H]3O)cnn12.CNc1cc(-c2cn([C@H]3CCCOC3)c3ncccc23)nc2c(C(=O)N[C@H]3COC[C@H]3O)cnn12. The van der Waals surface area contributed by atoms with Crippen LogP contribution in [0.1, 0.15) is 58.5 Å². The van der Waals surface area contributed by atoms with E-state index < -0.39 is 24.3 Å². The van der Waals surface area contributed by atoms with Crippen LogP contribution >= 0.6 is 0 Å². The van der Waals surface area contributed by atoms with Crippen LogP contribution in [0.4, 0.5) is 11.6 Å². The summed E-state index contributed by atoms with van der Waals surface area (Å²) in [5, 5.41) is 42.8. The summed E-state index contributed by atoms with van der Waals surface area (Å²) < 4.78 is 29.5. The minimum absolute atomic E-state index is 0.205. The minimum atomic E-state index is -0.737. The standard InChI is InChI=1S/2C24H27N7O4/c2*1-25-21-8-18(17-10-30(14-4-3-7-34-11-14)22-15(17)5-2-6-26-22)28-23-16(9-27-31(21)23)24(33)29-19-12-35-13-20(19)32/h2*2,5-6,8-10,14,19-20,25,32H,3-4,7,11-13H2,1H3,(H,29,33)/t14-,19+,20-;14-,19-,20+/m00/s1. The summed E-state index contributed by atoms with van der Waals surface area (Å²) in [5.74, 6) is 0.674. The molecule has 0 aliphatic carbocycles. The molecule has 22 heteroatoms. The number of rotatable bonds is 10. The third kappa shape index (κ3) is 8.45. The number of pyridine rings is 2. The van der Waals surface area contributed by atoms with E-state index in [2.05, 4.69) is 63.0 Å². The molecule has 6 atom stereocenters. The largest absolute Gasteiger partial charge is 0.388 e. The van der Waals surface area contributed by atoms with E-state index in [9.17, 15) is 19.8 Å². The molecule has 0 unspecified atom stereocenters. The van der Waals surface area contributed by atoms with Gasteiger partial charge in [-0.05, 0) is 49.9 Å². The summed E-state index contributed by atoms with van der Waals surface area (Å²) in [6.07, 6.45) is 13.3. The summed E-state index contributed by atoms with van der Waals surface area (Å²) >= 11 is 0. The second-order valence-electron chi connectivity index (χ2n) is 17.9. The zero-order valence-corrected chi connectivity index (χ0v) is 38.7. The van der Waals surface area contributed by atoms with E-state index in [0.29, 0.717) is 58.7 Å². The van der Waals surface area contributed by atoms with E-state index in [1.54, 1.807) is 35.5 Å². The van der Waals surface area contributed by atoms with Gasteiger partial charge in [0.1, 0.15) is 34.1 Å². The number of anilines is 2. The molecule has 6 N–H and O–H groups in total. The minimum Gasteiger partial charge on any atom is -0.388 e. The maximum atomic E-state index is 13.1. The van der Waals surface area contributed by atoms with Crippen LogP contribution in [0.5, 0.6) is 0 Å². The number of hydrogen-bond donors (Lipinski definition) is 6. The first-order chi connectivity index (χ1) is 34.3. The molecule has 4 aliphatic heterocycles. The Balaban J connectivity index is 0.000000152. The third-order valence-electron chi connectivity index (χ3n) is 13.5. The molecule has 364 valence electrons. The van der Waals surface area contributed by atoms with Gasteiger partial charge in [-0.3, -0.25) is 9.59 Å². The van der Waals surface area contributed by atoms with Gasteiger partial charge in [0.15, 0.2) is 11.3 Å². The van der Waals surface area contributed by atoms with Crippen molar-refractivity contribution in [3.05, 3.63) is 84.7 Å². The molecule has 0 saturated carbocycles. The molecule has 4 saturated heterocycles. The number of carbonyl (C=O) groups excluding carboxylic acids is 2. The van der Waals surface area contributed by atoms with E-state index in [0.717, 1.165) is 72.1 Å². The van der Waals surface area contributed by atoms with Gasteiger partial charge in [-0.2, -0.15) is 19.2 Å². The molecule has 22 nitrogen and oxygen atoms in total. The van der Waals surface area contributed by atoms with E-state index >= 15 is 0 Å². The Morgan fingerprint density at radius 3 is 1.46 bits per heavy atom. The predicted molar refractivity (Wildman–Crippen MR) is 257 cm³/mol. The van der Waals surface area contributed by atoms with Gasteiger partial charge < -0.3 is 59.6 Å². The van der Waals surface area contributed by atoms with E-state index in [1.807, 2.05) is 36.4 Å². The van der Waals surface area contributed by atoms with Crippen LogP contribution in [0.25, 0.3) is 55.9 Å². The average molecular weight is 955 g/mol. The van der Waals surface area contributed by atoms with Gasteiger partial charge in [-0.15, -0.1) is 0 Å². The first kappa shape index (κ1) is 45.4. The number of nitrogens with one attached hydrogen (secondary N) is 4. The molecular formula is C48H54N14O8. The fourth-order valence-corrected chi connectivity index (χ4v) is 9.75. The summed E-state index contributed by atoms with van der Waals surface area (Å²) in [7, 11) is 3.60. The highest BCUT2D eigenvalue weighted by molar-refractivity contribution is 6.02. The van der Waals surface area contributed by atoms with Crippen LogP contribution in [-0.2, 0) is 18.9 Å². The van der Waals surface area contributed by atoms with E-state index in [-0.39, 0.29) is 50.3 Å². The summed E-state index contributed by atoms with van der Waals surface area (Å²) in [5.41, 5.74) is 6.50. The first-order valence-corrected chi connectivity index (χ1v) is 23.6. The van der Waals surface area contributed by atoms with Gasteiger partial charge in [-0.1, -0.05) is 0 Å². The summed E-state index contributed by atoms with van der Waals surface area (Å²) in [4.78, 5) is 45.2. The number of carbonyl (C=O) groups is 2. The number of amides is 2. The van der Waals surface area contributed by atoms with Crippen molar-refractivity contribution in [3.8, 4) is 22.5 Å². The third-order valence-corrected chi connectivity index (χ3v) is 13.5. The quantitative estimate of drug-likeness (QED) is 0.115. The summed E-state index contributed by atoms with van der Waals surface area (Å²) in [6.45, 7) is 3.82. The number of aliphatic hydroxyl groups excluding tert-OH is 2. The molecule has 0 spiro atoms. The van der Waals surface area contributed by atoms with Crippen LogP contribution in [0.2, 0.25) is 0 Å². The molecular weight excluding hydrogens is 901 g/mol. The maximum absolute atomic E-state index is 13.1. The van der Waals surface area contributed by atoms with Crippen LogP contribution in [0.3, 0.4) is 0 Å². The van der Waals surface area contributed by atoms with Gasteiger partial charge in [-0.25, -0.2) is 19.9 Å². The Labute approximate surface area is 400 Å². The second-order valence-corrected chi connectivity index (χ2v) is 17.9. The lowest BCUT2D eigenvalue weighted by Gasteiger charge is -2.24. The molecule has 2 amide bonds. The Bertz CT molecular complexity index is 3000. The highest BCUT2D eigenvalue weighted by Gasteiger charge is 2.32. The Kier molecular flexibility index (Phi) is 12.6. The lowest BCUT2D eigenvalue weighted by molar-refractivity contribution is 0.0605. The summed E-state index contributed by atoms with van der Waals surface area (Å²) in [6, 6.07) is 11.2. The smallest absolute Gasteiger partial charge is 0.257 e. The Hall–Kier alpha value is -7.08. The Morgan fingerprint density at radius 2 is 1.07 bits per heavy atom. The highest BCUT2D eigenvalue weighted by atomic mass is 16.5. The van der Waals surface area contributed by atoms with Crippen LogP contribution in [-0.4, -0.2) is 162 Å². The molecule has 12 heterocycles. The van der Waals surface area contributed by atoms with Crippen LogP contribution in [0.15, 0.2) is 73.6 Å². The van der Waals surface area contributed by atoms with Crippen molar-refractivity contribution in [2.24, 2.45) is 0 Å². The maximum Gasteiger partial charge on any atom is 0.257 e. The average Bonchev–Trinajstić information content (AvgIpc) is 4.28. The fourth-order valence-electron chi connectivity index (χ4n) is 9.75. The molecule has 0 bridgehead atoms. The topological polar surface area (TPSA) is 256 Å². The lowest BCUT2D eigenvalue weighted by atomic mass is 10.1. The van der Waals surface area contributed by atoms with Crippen molar-refractivity contribution in [3.63, 3.8) is 0 Å². The normalized spacial score (nSPS) is 22.6. The second kappa shape index (κ2) is 19.4. The van der Waals surface area contributed by atoms with Gasteiger partial charge in [0, 0.05) is 86.1 Å². The predicted octanol–water partition coefficient (Wildman–Crippen LogP) is 3.26. The van der Waals surface area contributed by atoms with Gasteiger partial charge in [0.25, 0.3) is 11.8 Å². The molecule has 4 aliphatic rings. The number of fused-ring (bicyclic) bond motifs is 4. The zero-order valence-electron chi connectivity index (χ0n) is 38.7. The molecule has 70 heavy (non-hydrogen) atoms. The molecule has 4 fully saturated rings. The van der Waals surface area contributed by atoms with Gasteiger partial charge >= 0.3 is 0 Å². The van der Waals surface area contributed by atoms with Gasteiger partial charge in [0.2, 0.25) is 0 Å². The van der Waals surface area contributed by atoms with Crippen molar-refractivity contribution in [2.45, 2.75) is 62.1 Å². The Morgan fingerprint density at radius 1 is 0.614 bits per heavy atom. The fraction of sp³-hybridized carbons (Fsp3) is 0.417. The number of hydrogen-bond acceptors (Lipinski definition) is 16. The van der Waals surface area contributed by atoms with Crippen LogP contribution in [0, 0.1) is 0 Å². The monoisotopic (exact) mass is 954 g/mol. The number of nitrogens with zero attached hydrogens (tertiary/aromatic N) is 10. The molecule has 0 aromatic carbocycles. The van der Waals surface area contributed by atoms with Gasteiger partial charge in [0.05, 0.1) is 99.8 Å². The lowest BCUT2D eigenvalue weighted by Crippen LogP contribution is -2.42. The van der Waals surface area contributed by atoms with Crippen molar-refractivity contribution in [1.82, 2.24) is 58.9 Å². The molecule has 8 aromatic rings. The highest BCUT2D eigenvalue weighted by Crippen LogP contribution is 2.36. The van der Waals surface area contributed by atoms with E-state index in [4.69, 9.17) is 28.9 Å². The van der Waals surface area contributed by atoms with E-state index in [1.165, 1.54) is 12.4 Å². The van der Waals surface area contributed by atoms with Crippen molar-refractivity contribution in [2.75, 3.05) is 77.6 Å². The molecule has 0 radical (unpaired) electrons. The van der Waals surface area contributed by atoms with Crippen LogP contribution < -0.4 is 21.3 Å². The first-order valence-electron chi connectivity index (χ1n) is 23.6. The van der Waals surface area contributed by atoms with Crippen molar-refractivity contribution < 1.29 is 38.7 Å². The van der Waals surface area contributed by atoms with Crippen molar-refractivity contribution in [1.29, 1.82) is 0 Å². The zero-order chi connectivity index (χ0) is 47.9. The molecule has 12 rings (SSSR count).